The molecule has 4 heterocycles. The van der Waals surface area contributed by atoms with Gasteiger partial charge in [-0.15, -0.1) is 0 Å². The zero-order chi connectivity index (χ0) is 16.8. The fourth-order valence-electron chi connectivity index (χ4n) is 3.41. The van der Waals surface area contributed by atoms with Crippen LogP contribution in [0.25, 0.3) is 33.8 Å². The summed E-state index contributed by atoms with van der Waals surface area (Å²) >= 11 is 0. The lowest BCUT2D eigenvalue weighted by Gasteiger charge is -2.19. The number of rotatable bonds is 1. The van der Waals surface area contributed by atoms with Gasteiger partial charge in [0.15, 0.2) is 5.65 Å². The van der Waals surface area contributed by atoms with E-state index in [0.717, 1.165) is 52.3 Å². The molecule has 0 unspecified atom stereocenters. The van der Waals surface area contributed by atoms with E-state index in [-0.39, 0.29) is 0 Å². The van der Waals surface area contributed by atoms with E-state index < -0.39 is 0 Å². The van der Waals surface area contributed by atoms with Gasteiger partial charge in [-0.2, -0.15) is 0 Å². The quantitative estimate of drug-likeness (QED) is 0.527. The van der Waals surface area contributed by atoms with Gasteiger partial charge in [0.05, 0.1) is 22.8 Å². The Morgan fingerprint density at radius 2 is 1.64 bits per heavy atom. The highest BCUT2D eigenvalue weighted by atomic mass is 14.9. The predicted molar refractivity (Wildman–Crippen MR) is 98.1 cm³/mol. The molecule has 0 saturated carbocycles. The molecular formula is C21H16N4. The number of hydrogen-bond acceptors (Lipinski definition) is 4. The summed E-state index contributed by atoms with van der Waals surface area (Å²) in [6.07, 6.45) is 3.80. The number of hydrogen-bond donors (Lipinski definition) is 0. The van der Waals surface area contributed by atoms with E-state index in [2.05, 4.69) is 29.2 Å². The lowest BCUT2D eigenvalue weighted by atomic mass is 9.92. The van der Waals surface area contributed by atoms with Crippen LogP contribution in [0.4, 0.5) is 0 Å². The molecule has 0 amide bonds. The van der Waals surface area contributed by atoms with Gasteiger partial charge in [0.25, 0.3) is 0 Å². The number of aryl methyl sites for hydroxylation is 3. The molecule has 4 heteroatoms. The van der Waals surface area contributed by atoms with Crippen LogP contribution in [0.2, 0.25) is 0 Å². The zero-order valence-corrected chi connectivity index (χ0v) is 13.9. The normalized spacial score (nSPS) is 12.7. The van der Waals surface area contributed by atoms with Gasteiger partial charge >= 0.3 is 0 Å². The molecule has 0 fully saturated rings. The highest BCUT2D eigenvalue weighted by Gasteiger charge is 2.20. The van der Waals surface area contributed by atoms with Crippen molar-refractivity contribution >= 4 is 11.0 Å². The second kappa shape index (κ2) is 5.45. The topological polar surface area (TPSA) is 51.6 Å². The van der Waals surface area contributed by atoms with Crippen molar-refractivity contribution < 1.29 is 0 Å². The van der Waals surface area contributed by atoms with Gasteiger partial charge in [0.1, 0.15) is 0 Å². The van der Waals surface area contributed by atoms with Crippen molar-refractivity contribution in [2.75, 3.05) is 0 Å². The van der Waals surface area contributed by atoms with Crippen molar-refractivity contribution in [1.29, 1.82) is 0 Å². The number of nitrogens with zero attached hydrogens (tertiary/aromatic N) is 4. The van der Waals surface area contributed by atoms with Crippen LogP contribution in [-0.4, -0.2) is 19.9 Å². The standard InChI is InChI=1S/C21H16N4/c1-13-5-6-14-7-8-15-12-16-9-10-18(17-4-2-3-11-22-17)24-21(16)25-20(15)19(14)23-13/h2-6,9-12H,7-8H2,1H3. The molecule has 1 aliphatic carbocycles. The van der Waals surface area contributed by atoms with Crippen molar-refractivity contribution in [3.05, 3.63) is 71.5 Å². The zero-order valence-electron chi connectivity index (χ0n) is 13.9. The lowest BCUT2D eigenvalue weighted by molar-refractivity contribution is 0.911. The minimum Gasteiger partial charge on any atom is -0.255 e. The first-order valence-corrected chi connectivity index (χ1v) is 8.47. The van der Waals surface area contributed by atoms with Crippen LogP contribution in [0.15, 0.2) is 54.7 Å². The van der Waals surface area contributed by atoms with Gasteiger partial charge in [-0.05, 0) is 67.3 Å². The Labute approximate surface area is 145 Å². The number of fused-ring (bicyclic) bond motifs is 4. The molecule has 120 valence electrons. The molecule has 0 radical (unpaired) electrons. The molecule has 0 atom stereocenters. The van der Waals surface area contributed by atoms with Crippen molar-refractivity contribution in [2.45, 2.75) is 19.8 Å². The minimum absolute atomic E-state index is 0.748. The van der Waals surface area contributed by atoms with Crippen molar-refractivity contribution in [1.82, 2.24) is 19.9 Å². The summed E-state index contributed by atoms with van der Waals surface area (Å²) < 4.78 is 0. The van der Waals surface area contributed by atoms with E-state index in [1.807, 2.05) is 31.2 Å². The summed E-state index contributed by atoms with van der Waals surface area (Å²) in [5, 5.41) is 1.06. The van der Waals surface area contributed by atoms with Gasteiger partial charge < -0.3 is 0 Å². The third-order valence-electron chi connectivity index (χ3n) is 4.69. The Morgan fingerprint density at radius 3 is 2.52 bits per heavy atom. The third-order valence-corrected chi connectivity index (χ3v) is 4.69. The predicted octanol–water partition coefficient (Wildman–Crippen LogP) is 4.16. The average Bonchev–Trinajstić information content (AvgIpc) is 2.66. The summed E-state index contributed by atoms with van der Waals surface area (Å²) in [4.78, 5) is 18.8. The smallest absolute Gasteiger partial charge is 0.160 e. The summed E-state index contributed by atoms with van der Waals surface area (Å²) in [5.41, 5.74) is 7.97. The van der Waals surface area contributed by atoms with E-state index >= 15 is 0 Å². The number of aromatic nitrogens is 4. The number of pyridine rings is 4. The molecule has 0 N–H and O–H groups in total. The average molecular weight is 324 g/mol. The van der Waals surface area contributed by atoms with Crippen molar-refractivity contribution in [3.8, 4) is 22.8 Å². The fraction of sp³-hybridized carbons (Fsp3) is 0.143. The fourth-order valence-corrected chi connectivity index (χ4v) is 3.41. The minimum atomic E-state index is 0.748. The molecule has 25 heavy (non-hydrogen) atoms. The molecule has 0 aromatic carbocycles. The van der Waals surface area contributed by atoms with Gasteiger partial charge in [-0.25, -0.2) is 9.97 Å². The first-order valence-electron chi connectivity index (χ1n) is 8.47. The van der Waals surface area contributed by atoms with Crippen molar-refractivity contribution in [2.24, 2.45) is 0 Å². The summed E-state index contributed by atoms with van der Waals surface area (Å²) in [5.74, 6) is 0. The summed E-state index contributed by atoms with van der Waals surface area (Å²) in [7, 11) is 0. The molecule has 4 nitrogen and oxygen atoms in total. The van der Waals surface area contributed by atoms with Gasteiger partial charge in [-0.1, -0.05) is 12.1 Å². The Bertz CT molecular complexity index is 1100. The van der Waals surface area contributed by atoms with E-state index in [0.29, 0.717) is 0 Å². The molecule has 5 rings (SSSR count). The monoisotopic (exact) mass is 324 g/mol. The van der Waals surface area contributed by atoms with Gasteiger partial charge in [-0.3, -0.25) is 9.97 Å². The van der Waals surface area contributed by atoms with E-state index in [1.54, 1.807) is 6.20 Å². The van der Waals surface area contributed by atoms with Crippen LogP contribution >= 0.6 is 0 Å². The highest BCUT2D eigenvalue weighted by molar-refractivity contribution is 5.83. The lowest BCUT2D eigenvalue weighted by Crippen LogP contribution is -2.08. The first kappa shape index (κ1) is 14.2. The Morgan fingerprint density at radius 1 is 0.760 bits per heavy atom. The molecule has 1 aliphatic rings. The Balaban J connectivity index is 1.72. The maximum atomic E-state index is 4.88. The third kappa shape index (κ3) is 2.38. The Hall–Kier alpha value is -3.14. The largest absolute Gasteiger partial charge is 0.255 e. The molecule has 0 spiro atoms. The SMILES string of the molecule is Cc1ccc2c(n1)-c1nc3nc(-c4ccccn4)ccc3cc1CC2. The maximum absolute atomic E-state index is 4.88. The molecule has 0 aliphatic heterocycles. The van der Waals surface area contributed by atoms with Gasteiger partial charge in [0.2, 0.25) is 0 Å². The van der Waals surface area contributed by atoms with E-state index in [4.69, 9.17) is 15.0 Å². The maximum Gasteiger partial charge on any atom is 0.160 e. The summed E-state index contributed by atoms with van der Waals surface area (Å²) in [6, 6.07) is 16.4. The van der Waals surface area contributed by atoms with Crippen molar-refractivity contribution in [3.63, 3.8) is 0 Å². The summed E-state index contributed by atoms with van der Waals surface area (Å²) in [6.45, 7) is 2.02. The second-order valence-electron chi connectivity index (χ2n) is 6.41. The van der Waals surface area contributed by atoms with Crippen LogP contribution in [-0.2, 0) is 12.8 Å². The molecule has 0 saturated heterocycles. The van der Waals surface area contributed by atoms with Crippen LogP contribution < -0.4 is 0 Å². The molecule has 4 aromatic heterocycles. The van der Waals surface area contributed by atoms with Crippen LogP contribution in [0.1, 0.15) is 16.8 Å². The van der Waals surface area contributed by atoms with Crippen LogP contribution in [0, 0.1) is 6.92 Å². The highest BCUT2D eigenvalue weighted by Crippen LogP contribution is 2.32. The van der Waals surface area contributed by atoms with E-state index in [1.165, 1.54) is 11.1 Å². The second-order valence-corrected chi connectivity index (χ2v) is 6.41. The van der Waals surface area contributed by atoms with Crippen LogP contribution in [0.5, 0.6) is 0 Å². The van der Waals surface area contributed by atoms with Gasteiger partial charge in [0, 0.05) is 17.3 Å². The molecule has 4 aromatic rings. The molecule has 0 bridgehead atoms. The first-order chi connectivity index (χ1) is 12.3. The van der Waals surface area contributed by atoms with Crippen LogP contribution in [0.3, 0.4) is 0 Å². The molecular weight excluding hydrogens is 308 g/mol. The van der Waals surface area contributed by atoms with E-state index in [9.17, 15) is 0 Å². The Kier molecular flexibility index (Phi) is 3.10.